The van der Waals surface area contributed by atoms with Gasteiger partial charge in [0.25, 0.3) is 0 Å². The first-order chi connectivity index (χ1) is 10.9. The number of sulfonamides is 1. The van der Waals surface area contributed by atoms with Crippen LogP contribution in [0.15, 0.2) is 24.3 Å². The molecule has 0 bridgehead atoms. The maximum atomic E-state index is 12.1. The highest BCUT2D eigenvalue weighted by atomic mass is 32.2. The van der Waals surface area contributed by atoms with Crippen LogP contribution in [-0.4, -0.2) is 44.2 Å². The van der Waals surface area contributed by atoms with Gasteiger partial charge in [-0.2, -0.15) is 0 Å². The van der Waals surface area contributed by atoms with E-state index in [1.54, 1.807) is 29.2 Å². The Morgan fingerprint density at radius 3 is 2.35 bits per heavy atom. The minimum absolute atomic E-state index is 0.0553. The van der Waals surface area contributed by atoms with E-state index in [9.17, 15) is 13.2 Å². The number of likely N-dealkylation sites (tertiary alicyclic amines) is 1. The van der Waals surface area contributed by atoms with Crippen LogP contribution in [-0.2, 0) is 14.8 Å². The summed E-state index contributed by atoms with van der Waals surface area (Å²) in [5, 5.41) is 0. The topological polar surface area (TPSA) is 75.7 Å². The Morgan fingerprint density at radius 2 is 1.78 bits per heavy atom. The number of piperidine rings is 1. The fourth-order valence-electron chi connectivity index (χ4n) is 2.49. The van der Waals surface area contributed by atoms with Gasteiger partial charge >= 0.3 is 0 Å². The lowest BCUT2D eigenvalue weighted by molar-refractivity contribution is -0.129. The number of hydrogen-bond acceptors (Lipinski definition) is 4. The van der Waals surface area contributed by atoms with E-state index < -0.39 is 15.8 Å². The van der Waals surface area contributed by atoms with Gasteiger partial charge in [0.05, 0.1) is 6.10 Å². The SMILES string of the molecule is CC(C)Oc1ccc(NS(=O)(=O)CC(=O)N2CCCCC2)cc1. The van der Waals surface area contributed by atoms with Crippen LogP contribution >= 0.6 is 0 Å². The van der Waals surface area contributed by atoms with E-state index in [4.69, 9.17) is 4.74 Å². The van der Waals surface area contributed by atoms with Crippen LogP contribution in [0.25, 0.3) is 0 Å². The molecule has 128 valence electrons. The first-order valence-electron chi connectivity index (χ1n) is 7.91. The van der Waals surface area contributed by atoms with E-state index in [0.717, 1.165) is 19.3 Å². The Balaban J connectivity index is 1.93. The average molecular weight is 340 g/mol. The van der Waals surface area contributed by atoms with Gasteiger partial charge in [0, 0.05) is 18.8 Å². The number of hydrogen-bond donors (Lipinski definition) is 1. The van der Waals surface area contributed by atoms with Gasteiger partial charge in [-0.05, 0) is 57.4 Å². The fourth-order valence-corrected chi connectivity index (χ4v) is 3.56. The van der Waals surface area contributed by atoms with E-state index in [0.29, 0.717) is 24.5 Å². The number of anilines is 1. The summed E-state index contributed by atoms with van der Waals surface area (Å²) < 4.78 is 32.2. The molecule has 1 aromatic carbocycles. The van der Waals surface area contributed by atoms with Gasteiger partial charge in [0.15, 0.2) is 0 Å². The van der Waals surface area contributed by atoms with E-state index in [1.165, 1.54) is 0 Å². The molecule has 1 fully saturated rings. The standard InChI is InChI=1S/C16H24N2O4S/c1-13(2)22-15-8-6-14(7-9-15)17-23(20,21)12-16(19)18-10-4-3-5-11-18/h6-9,13,17H,3-5,10-12H2,1-2H3. The number of amides is 1. The van der Waals surface area contributed by atoms with E-state index in [1.807, 2.05) is 13.8 Å². The zero-order chi connectivity index (χ0) is 16.9. The van der Waals surface area contributed by atoms with Crippen LogP contribution in [0.1, 0.15) is 33.1 Å². The smallest absolute Gasteiger partial charge is 0.241 e. The van der Waals surface area contributed by atoms with E-state index in [2.05, 4.69) is 4.72 Å². The van der Waals surface area contributed by atoms with Crippen molar-refractivity contribution in [2.75, 3.05) is 23.6 Å². The van der Waals surface area contributed by atoms with Gasteiger partial charge in [0.2, 0.25) is 15.9 Å². The first-order valence-corrected chi connectivity index (χ1v) is 9.56. The summed E-state index contributed by atoms with van der Waals surface area (Å²) in [4.78, 5) is 13.7. The number of benzene rings is 1. The summed E-state index contributed by atoms with van der Waals surface area (Å²) in [5.41, 5.74) is 0.424. The van der Waals surface area contributed by atoms with Crippen LogP contribution in [0.3, 0.4) is 0 Å². The predicted molar refractivity (Wildman–Crippen MR) is 90.0 cm³/mol. The van der Waals surface area contributed by atoms with Crippen LogP contribution < -0.4 is 9.46 Å². The molecule has 6 nitrogen and oxygen atoms in total. The molecule has 1 amide bonds. The molecule has 0 saturated carbocycles. The maximum absolute atomic E-state index is 12.1. The molecule has 1 aliphatic heterocycles. The lowest BCUT2D eigenvalue weighted by atomic mass is 10.1. The quantitative estimate of drug-likeness (QED) is 0.861. The Bertz CT molecular complexity index is 620. The monoisotopic (exact) mass is 340 g/mol. The molecule has 0 aliphatic carbocycles. The second-order valence-electron chi connectivity index (χ2n) is 5.99. The van der Waals surface area contributed by atoms with Crippen molar-refractivity contribution in [2.45, 2.75) is 39.2 Å². The minimum atomic E-state index is -3.70. The lowest BCUT2D eigenvalue weighted by Gasteiger charge is -2.26. The molecule has 1 heterocycles. The molecule has 1 aliphatic rings. The zero-order valence-electron chi connectivity index (χ0n) is 13.6. The third-order valence-electron chi connectivity index (χ3n) is 3.52. The van der Waals surface area contributed by atoms with Crippen LogP contribution in [0, 0.1) is 0 Å². The largest absolute Gasteiger partial charge is 0.491 e. The summed E-state index contributed by atoms with van der Waals surface area (Å²) in [7, 11) is -3.70. The first kappa shape index (κ1) is 17.6. The van der Waals surface area contributed by atoms with Crippen molar-refractivity contribution >= 4 is 21.6 Å². The number of carbonyl (C=O) groups is 1. The molecule has 1 N–H and O–H groups in total. The van der Waals surface area contributed by atoms with Gasteiger partial charge in [0.1, 0.15) is 11.5 Å². The molecule has 1 aromatic rings. The lowest BCUT2D eigenvalue weighted by Crippen LogP contribution is -2.40. The third kappa shape index (κ3) is 5.74. The van der Waals surface area contributed by atoms with Crippen LogP contribution in [0.2, 0.25) is 0 Å². The summed E-state index contributed by atoms with van der Waals surface area (Å²) >= 11 is 0. The third-order valence-corrected chi connectivity index (χ3v) is 4.70. The maximum Gasteiger partial charge on any atom is 0.241 e. The number of rotatable bonds is 6. The zero-order valence-corrected chi connectivity index (χ0v) is 14.4. The Morgan fingerprint density at radius 1 is 1.17 bits per heavy atom. The highest BCUT2D eigenvalue weighted by Gasteiger charge is 2.23. The highest BCUT2D eigenvalue weighted by Crippen LogP contribution is 2.18. The Hall–Kier alpha value is -1.76. The number of nitrogens with one attached hydrogen (secondary N) is 1. The molecule has 23 heavy (non-hydrogen) atoms. The second-order valence-corrected chi connectivity index (χ2v) is 7.72. The molecule has 1 saturated heterocycles. The van der Waals surface area contributed by atoms with Gasteiger partial charge in [-0.25, -0.2) is 8.42 Å². The molecule has 7 heteroatoms. The van der Waals surface area contributed by atoms with Crippen molar-refractivity contribution in [1.29, 1.82) is 0 Å². The van der Waals surface area contributed by atoms with Gasteiger partial charge < -0.3 is 9.64 Å². The fraction of sp³-hybridized carbons (Fsp3) is 0.562. The predicted octanol–water partition coefficient (Wildman–Crippen LogP) is 2.23. The van der Waals surface area contributed by atoms with Gasteiger partial charge in [-0.1, -0.05) is 0 Å². The normalized spacial score (nSPS) is 15.5. The van der Waals surface area contributed by atoms with Crippen molar-refractivity contribution in [2.24, 2.45) is 0 Å². The van der Waals surface area contributed by atoms with Crippen molar-refractivity contribution in [3.05, 3.63) is 24.3 Å². The number of nitrogens with zero attached hydrogens (tertiary/aromatic N) is 1. The van der Waals surface area contributed by atoms with Crippen molar-refractivity contribution in [3.63, 3.8) is 0 Å². The summed E-state index contributed by atoms with van der Waals surface area (Å²) in [6, 6.07) is 6.65. The molecule has 0 aromatic heterocycles. The summed E-state index contributed by atoms with van der Waals surface area (Å²) in [6.45, 7) is 5.14. The van der Waals surface area contributed by atoms with Crippen LogP contribution in [0.4, 0.5) is 5.69 Å². The molecule has 0 radical (unpaired) electrons. The van der Waals surface area contributed by atoms with Gasteiger partial charge in [-0.3, -0.25) is 9.52 Å². The molecular weight excluding hydrogens is 316 g/mol. The second kappa shape index (κ2) is 7.68. The van der Waals surface area contributed by atoms with Gasteiger partial charge in [-0.15, -0.1) is 0 Å². The van der Waals surface area contributed by atoms with Crippen LogP contribution in [0.5, 0.6) is 5.75 Å². The minimum Gasteiger partial charge on any atom is -0.491 e. The number of ether oxygens (including phenoxy) is 1. The van der Waals surface area contributed by atoms with E-state index >= 15 is 0 Å². The molecular formula is C16H24N2O4S. The van der Waals surface area contributed by atoms with Crippen molar-refractivity contribution < 1.29 is 17.9 Å². The van der Waals surface area contributed by atoms with Crippen molar-refractivity contribution in [3.8, 4) is 5.75 Å². The molecule has 0 spiro atoms. The molecule has 2 rings (SSSR count). The van der Waals surface area contributed by atoms with E-state index in [-0.39, 0.29) is 12.0 Å². The van der Waals surface area contributed by atoms with Crippen molar-refractivity contribution in [1.82, 2.24) is 4.90 Å². The Labute approximate surface area is 137 Å². The molecule has 0 unspecified atom stereocenters. The Kier molecular flexibility index (Phi) is 5.87. The molecule has 0 atom stereocenters. The number of carbonyl (C=O) groups excluding carboxylic acids is 1. The highest BCUT2D eigenvalue weighted by molar-refractivity contribution is 7.93. The summed E-state index contributed by atoms with van der Waals surface area (Å²) in [5.74, 6) is -0.179. The summed E-state index contributed by atoms with van der Waals surface area (Å²) in [6.07, 6.45) is 3.03. The average Bonchev–Trinajstić information content (AvgIpc) is 2.49.